The van der Waals surface area contributed by atoms with Gasteiger partial charge in [0.25, 0.3) is 0 Å². The van der Waals surface area contributed by atoms with Gasteiger partial charge in [0.05, 0.1) is 18.6 Å². The van der Waals surface area contributed by atoms with E-state index in [2.05, 4.69) is 4.98 Å². The van der Waals surface area contributed by atoms with Gasteiger partial charge in [0.2, 0.25) is 5.88 Å². The molecule has 1 aromatic rings. The normalized spacial score (nSPS) is 11.2. The highest BCUT2D eigenvalue weighted by Crippen LogP contribution is 2.21. The molecule has 0 saturated heterocycles. The maximum Gasteiger partial charge on any atom is 0.238 e. The van der Waals surface area contributed by atoms with Gasteiger partial charge in [-0.1, -0.05) is 0 Å². The molecule has 0 atom stereocenters. The number of nitrogens with two attached hydrogens (primary N) is 1. The third kappa shape index (κ3) is 4.10. The number of aromatic nitrogens is 1. The van der Waals surface area contributed by atoms with Gasteiger partial charge >= 0.3 is 0 Å². The molecule has 0 fully saturated rings. The van der Waals surface area contributed by atoms with Crippen molar-refractivity contribution < 1.29 is 13.2 Å². The van der Waals surface area contributed by atoms with Gasteiger partial charge in [-0.05, 0) is 12.1 Å². The van der Waals surface area contributed by atoms with E-state index < -0.39 is 9.84 Å². The van der Waals surface area contributed by atoms with Crippen molar-refractivity contribution in [3.05, 3.63) is 12.1 Å². The maximum absolute atomic E-state index is 11.1. The Morgan fingerprint density at radius 2 is 2.12 bits per heavy atom. The topological polar surface area (TPSA) is 85.5 Å². The first-order chi connectivity index (χ1) is 7.83. The Balaban J connectivity index is 2.79. The van der Waals surface area contributed by atoms with Gasteiger partial charge in [-0.3, -0.25) is 0 Å². The van der Waals surface area contributed by atoms with Crippen LogP contribution in [0.3, 0.4) is 0 Å². The largest absolute Gasteiger partial charge is 0.479 e. The van der Waals surface area contributed by atoms with Crippen molar-refractivity contribution in [1.29, 1.82) is 0 Å². The van der Waals surface area contributed by atoms with Gasteiger partial charge in [0.15, 0.2) is 0 Å². The number of ether oxygens (including phenoxy) is 1. The van der Waals surface area contributed by atoms with Crippen LogP contribution in [0, 0.1) is 0 Å². The number of rotatable bonds is 5. The number of pyridine rings is 1. The highest BCUT2D eigenvalue weighted by Gasteiger charge is 2.09. The first kappa shape index (κ1) is 13.6. The fourth-order valence-corrected chi connectivity index (χ4v) is 1.84. The van der Waals surface area contributed by atoms with Crippen LogP contribution in [-0.4, -0.2) is 46.1 Å². The molecule has 7 heteroatoms. The second kappa shape index (κ2) is 5.22. The standard InChI is InChI=1S/C10H17N3O3S/c1-13(6-7-17(3,14)15)9-5-4-8(11)10(12-9)16-2/h4-5H,6-7,11H2,1-3H3. The zero-order valence-corrected chi connectivity index (χ0v) is 11.0. The first-order valence-corrected chi connectivity index (χ1v) is 7.09. The van der Waals surface area contributed by atoms with Gasteiger partial charge in [0.1, 0.15) is 15.7 Å². The summed E-state index contributed by atoms with van der Waals surface area (Å²) < 4.78 is 27.1. The SMILES string of the molecule is COc1nc(N(C)CCS(C)(=O)=O)ccc1N. The quantitative estimate of drug-likeness (QED) is 0.810. The molecule has 1 heterocycles. The molecule has 0 aliphatic rings. The summed E-state index contributed by atoms with van der Waals surface area (Å²) in [6, 6.07) is 3.40. The summed E-state index contributed by atoms with van der Waals surface area (Å²) in [6.45, 7) is 0.374. The smallest absolute Gasteiger partial charge is 0.238 e. The third-order valence-corrected chi connectivity index (χ3v) is 3.18. The predicted molar refractivity (Wildman–Crippen MR) is 68.2 cm³/mol. The van der Waals surface area contributed by atoms with Crippen molar-refractivity contribution in [2.24, 2.45) is 0 Å². The Hall–Kier alpha value is -1.50. The average molecular weight is 259 g/mol. The Kier molecular flexibility index (Phi) is 4.17. The monoisotopic (exact) mass is 259 g/mol. The van der Waals surface area contributed by atoms with Gasteiger partial charge in [-0.25, -0.2) is 8.42 Å². The summed E-state index contributed by atoms with van der Waals surface area (Å²) >= 11 is 0. The molecule has 6 nitrogen and oxygen atoms in total. The van der Waals surface area contributed by atoms with Gasteiger partial charge in [-0.2, -0.15) is 4.98 Å². The average Bonchev–Trinajstić information content (AvgIpc) is 2.25. The summed E-state index contributed by atoms with van der Waals surface area (Å²) in [7, 11) is 0.276. The van der Waals surface area contributed by atoms with E-state index in [0.717, 1.165) is 0 Å². The van der Waals surface area contributed by atoms with E-state index in [1.54, 1.807) is 24.1 Å². The fourth-order valence-electron chi connectivity index (χ4n) is 1.23. The maximum atomic E-state index is 11.1. The third-order valence-electron chi connectivity index (χ3n) is 2.26. The predicted octanol–water partition coefficient (Wildman–Crippen LogP) is 0.153. The molecule has 1 rings (SSSR count). The molecule has 0 aromatic carbocycles. The summed E-state index contributed by atoms with van der Waals surface area (Å²) in [4.78, 5) is 5.91. The number of nitrogen functional groups attached to an aromatic ring is 1. The molecule has 0 saturated carbocycles. The molecule has 0 spiro atoms. The van der Waals surface area contributed by atoms with Crippen molar-refractivity contribution in [3.8, 4) is 5.88 Å². The highest BCUT2D eigenvalue weighted by molar-refractivity contribution is 7.90. The van der Waals surface area contributed by atoms with Crippen molar-refractivity contribution >= 4 is 21.3 Å². The minimum Gasteiger partial charge on any atom is -0.479 e. The molecule has 0 bridgehead atoms. The molecule has 0 amide bonds. The lowest BCUT2D eigenvalue weighted by atomic mass is 10.4. The molecule has 0 radical (unpaired) electrons. The Bertz CT molecular complexity index is 488. The number of hydrogen-bond donors (Lipinski definition) is 1. The van der Waals surface area contributed by atoms with Crippen LogP contribution in [-0.2, 0) is 9.84 Å². The van der Waals surface area contributed by atoms with E-state index >= 15 is 0 Å². The van der Waals surface area contributed by atoms with E-state index in [1.165, 1.54) is 13.4 Å². The van der Waals surface area contributed by atoms with Crippen LogP contribution in [0.15, 0.2) is 12.1 Å². The minimum absolute atomic E-state index is 0.0812. The second-order valence-corrected chi connectivity index (χ2v) is 6.08. The second-order valence-electron chi connectivity index (χ2n) is 3.82. The number of anilines is 2. The number of nitrogens with zero attached hydrogens (tertiary/aromatic N) is 2. The summed E-state index contributed by atoms with van der Waals surface area (Å²) in [5, 5.41) is 0. The first-order valence-electron chi connectivity index (χ1n) is 5.03. The van der Waals surface area contributed by atoms with E-state index in [0.29, 0.717) is 23.9 Å². The molecule has 2 N–H and O–H groups in total. The van der Waals surface area contributed by atoms with E-state index in [9.17, 15) is 8.42 Å². The fraction of sp³-hybridized carbons (Fsp3) is 0.500. The van der Waals surface area contributed by atoms with E-state index in [-0.39, 0.29) is 5.75 Å². The zero-order chi connectivity index (χ0) is 13.1. The van der Waals surface area contributed by atoms with Gasteiger partial charge in [0, 0.05) is 19.8 Å². The molecular formula is C10H17N3O3S. The molecule has 1 aromatic heterocycles. The molecule has 96 valence electrons. The van der Waals surface area contributed by atoms with Crippen molar-refractivity contribution in [3.63, 3.8) is 0 Å². The molecule has 17 heavy (non-hydrogen) atoms. The van der Waals surface area contributed by atoms with Crippen LogP contribution in [0.1, 0.15) is 0 Å². The van der Waals surface area contributed by atoms with E-state index in [4.69, 9.17) is 10.5 Å². The molecule has 0 aliphatic carbocycles. The molecular weight excluding hydrogens is 242 g/mol. The number of sulfone groups is 1. The Morgan fingerprint density at radius 1 is 1.47 bits per heavy atom. The van der Waals surface area contributed by atoms with Crippen LogP contribution in [0.5, 0.6) is 5.88 Å². The zero-order valence-electron chi connectivity index (χ0n) is 10.2. The lowest BCUT2D eigenvalue weighted by Gasteiger charge is -2.18. The Labute approximate surface area is 101 Å². The van der Waals surface area contributed by atoms with Gasteiger partial charge in [-0.15, -0.1) is 0 Å². The summed E-state index contributed by atoms with van der Waals surface area (Å²) in [5.74, 6) is 1.05. The Morgan fingerprint density at radius 3 is 2.65 bits per heavy atom. The van der Waals surface area contributed by atoms with Crippen molar-refractivity contribution in [1.82, 2.24) is 4.98 Å². The summed E-state index contributed by atoms with van der Waals surface area (Å²) in [5.41, 5.74) is 6.09. The van der Waals surface area contributed by atoms with Crippen LogP contribution in [0.2, 0.25) is 0 Å². The number of hydrogen-bond acceptors (Lipinski definition) is 6. The molecule has 0 unspecified atom stereocenters. The number of methoxy groups -OCH3 is 1. The van der Waals surface area contributed by atoms with E-state index in [1.807, 2.05) is 0 Å². The lowest BCUT2D eigenvalue weighted by molar-refractivity contribution is 0.400. The van der Waals surface area contributed by atoms with Crippen LogP contribution in [0.4, 0.5) is 11.5 Å². The minimum atomic E-state index is -2.98. The summed E-state index contributed by atoms with van der Waals surface area (Å²) in [6.07, 6.45) is 1.21. The van der Waals surface area contributed by atoms with Crippen LogP contribution < -0.4 is 15.4 Å². The highest BCUT2D eigenvalue weighted by atomic mass is 32.2. The molecule has 0 aliphatic heterocycles. The van der Waals surface area contributed by atoms with Crippen LogP contribution in [0.25, 0.3) is 0 Å². The lowest BCUT2D eigenvalue weighted by Crippen LogP contribution is -2.25. The van der Waals surface area contributed by atoms with Crippen LogP contribution >= 0.6 is 0 Å². The van der Waals surface area contributed by atoms with Crippen molar-refractivity contribution in [2.75, 3.05) is 43.3 Å². The van der Waals surface area contributed by atoms with Gasteiger partial charge < -0.3 is 15.4 Å². The van der Waals surface area contributed by atoms with Crippen molar-refractivity contribution in [2.45, 2.75) is 0 Å².